The van der Waals surface area contributed by atoms with Crippen molar-refractivity contribution in [2.24, 2.45) is 5.92 Å². The van der Waals surface area contributed by atoms with Crippen molar-refractivity contribution >= 4 is 5.97 Å². The van der Waals surface area contributed by atoms with Crippen molar-refractivity contribution in [3.8, 4) is 0 Å². The Morgan fingerprint density at radius 1 is 1.36 bits per heavy atom. The Balaban J connectivity index is 2.53. The van der Waals surface area contributed by atoms with Gasteiger partial charge in [0.05, 0.1) is 5.92 Å². The SMILES string of the molecule is C=CC1CCC(C=C)C(=O)O1. The molecule has 0 radical (unpaired) electrons. The van der Waals surface area contributed by atoms with Crippen molar-refractivity contribution in [2.75, 3.05) is 0 Å². The number of ether oxygens (including phenoxy) is 1. The maximum Gasteiger partial charge on any atom is 0.313 e. The van der Waals surface area contributed by atoms with Gasteiger partial charge in [0.25, 0.3) is 0 Å². The van der Waals surface area contributed by atoms with Crippen LogP contribution < -0.4 is 0 Å². The van der Waals surface area contributed by atoms with E-state index in [4.69, 9.17) is 4.74 Å². The minimum absolute atomic E-state index is 0.0845. The van der Waals surface area contributed by atoms with E-state index in [9.17, 15) is 4.79 Å². The van der Waals surface area contributed by atoms with E-state index in [-0.39, 0.29) is 18.0 Å². The molecule has 0 aromatic heterocycles. The highest BCUT2D eigenvalue weighted by atomic mass is 16.5. The largest absolute Gasteiger partial charge is 0.458 e. The summed E-state index contributed by atoms with van der Waals surface area (Å²) in [5.74, 6) is -0.276. The van der Waals surface area contributed by atoms with E-state index in [2.05, 4.69) is 13.2 Å². The lowest BCUT2D eigenvalue weighted by molar-refractivity contribution is -0.154. The maximum atomic E-state index is 11.1. The molecule has 2 unspecified atom stereocenters. The normalized spacial score (nSPS) is 30.7. The van der Waals surface area contributed by atoms with Crippen LogP contribution in [0.5, 0.6) is 0 Å². The lowest BCUT2D eigenvalue weighted by Crippen LogP contribution is -2.28. The molecule has 0 aliphatic carbocycles. The van der Waals surface area contributed by atoms with E-state index in [0.29, 0.717) is 0 Å². The first kappa shape index (κ1) is 8.05. The fourth-order valence-electron chi connectivity index (χ4n) is 1.14. The summed E-state index contributed by atoms with van der Waals surface area (Å²) in [7, 11) is 0. The Kier molecular flexibility index (Phi) is 2.47. The van der Waals surface area contributed by atoms with Crippen LogP contribution in [0.3, 0.4) is 0 Å². The van der Waals surface area contributed by atoms with Gasteiger partial charge in [-0.15, -0.1) is 6.58 Å². The molecule has 2 heteroatoms. The van der Waals surface area contributed by atoms with Crippen molar-refractivity contribution in [3.05, 3.63) is 25.3 Å². The molecule has 0 N–H and O–H groups in total. The minimum Gasteiger partial charge on any atom is -0.458 e. The lowest BCUT2D eigenvalue weighted by atomic mass is 9.98. The molecule has 1 heterocycles. The molecule has 0 aromatic rings. The lowest BCUT2D eigenvalue weighted by Gasteiger charge is -2.23. The van der Waals surface area contributed by atoms with Crippen molar-refractivity contribution in [1.82, 2.24) is 0 Å². The van der Waals surface area contributed by atoms with Gasteiger partial charge in [0, 0.05) is 0 Å². The van der Waals surface area contributed by atoms with Crippen LogP contribution in [-0.2, 0) is 9.53 Å². The summed E-state index contributed by atoms with van der Waals surface area (Å²) >= 11 is 0. The van der Waals surface area contributed by atoms with Crippen LogP contribution in [0.1, 0.15) is 12.8 Å². The monoisotopic (exact) mass is 152 g/mol. The quantitative estimate of drug-likeness (QED) is 0.444. The van der Waals surface area contributed by atoms with E-state index in [1.165, 1.54) is 0 Å². The molecule has 2 nitrogen and oxygen atoms in total. The Morgan fingerprint density at radius 2 is 2.09 bits per heavy atom. The minimum atomic E-state index is -0.170. The zero-order valence-corrected chi connectivity index (χ0v) is 6.45. The molecule has 60 valence electrons. The molecule has 0 spiro atoms. The summed E-state index contributed by atoms with van der Waals surface area (Å²) in [6.07, 6.45) is 4.92. The fraction of sp³-hybridized carbons (Fsp3) is 0.444. The molecule has 1 aliphatic rings. The number of carbonyl (C=O) groups excluding carboxylic acids is 1. The highest BCUT2D eigenvalue weighted by Crippen LogP contribution is 2.21. The molecule has 0 bridgehead atoms. The van der Waals surface area contributed by atoms with Gasteiger partial charge in [-0.1, -0.05) is 18.7 Å². The number of hydrogen-bond donors (Lipinski definition) is 0. The van der Waals surface area contributed by atoms with Crippen LogP contribution in [0.4, 0.5) is 0 Å². The zero-order valence-electron chi connectivity index (χ0n) is 6.45. The second kappa shape index (κ2) is 3.37. The molecule has 1 fully saturated rings. The third-order valence-electron chi connectivity index (χ3n) is 1.88. The molecular weight excluding hydrogens is 140 g/mol. The first-order chi connectivity index (χ1) is 5.27. The molecule has 1 aliphatic heterocycles. The second-order valence-electron chi connectivity index (χ2n) is 2.63. The van der Waals surface area contributed by atoms with Gasteiger partial charge in [0.15, 0.2) is 0 Å². The van der Waals surface area contributed by atoms with Gasteiger partial charge >= 0.3 is 5.97 Å². The fourth-order valence-corrected chi connectivity index (χ4v) is 1.14. The van der Waals surface area contributed by atoms with Gasteiger partial charge in [0.2, 0.25) is 0 Å². The summed E-state index contributed by atoms with van der Waals surface area (Å²) in [5.41, 5.74) is 0. The predicted octanol–water partition coefficient (Wildman–Crippen LogP) is 1.68. The smallest absolute Gasteiger partial charge is 0.313 e. The Bertz CT molecular complexity index is 184. The first-order valence-corrected chi connectivity index (χ1v) is 3.73. The van der Waals surface area contributed by atoms with E-state index in [0.717, 1.165) is 12.8 Å². The number of hydrogen-bond acceptors (Lipinski definition) is 2. The van der Waals surface area contributed by atoms with Gasteiger partial charge in [0.1, 0.15) is 6.10 Å². The van der Waals surface area contributed by atoms with Gasteiger partial charge in [-0.3, -0.25) is 4.79 Å². The standard InChI is InChI=1S/C9H12O2/c1-3-7-5-6-8(4-2)11-9(7)10/h3-4,7-8H,1-2,5-6H2. The predicted molar refractivity (Wildman–Crippen MR) is 43.0 cm³/mol. The Labute approximate surface area is 66.5 Å². The number of rotatable bonds is 2. The zero-order chi connectivity index (χ0) is 8.27. The Hall–Kier alpha value is -1.05. The average molecular weight is 152 g/mol. The number of cyclic esters (lactones) is 1. The highest BCUT2D eigenvalue weighted by molar-refractivity contribution is 5.75. The number of esters is 1. The number of carbonyl (C=O) groups is 1. The van der Waals surface area contributed by atoms with E-state index < -0.39 is 0 Å². The van der Waals surface area contributed by atoms with E-state index in [1.54, 1.807) is 12.2 Å². The van der Waals surface area contributed by atoms with Gasteiger partial charge in [-0.25, -0.2) is 0 Å². The third kappa shape index (κ3) is 1.70. The van der Waals surface area contributed by atoms with Crippen molar-refractivity contribution in [2.45, 2.75) is 18.9 Å². The van der Waals surface area contributed by atoms with Crippen LogP contribution >= 0.6 is 0 Å². The maximum absolute atomic E-state index is 11.1. The van der Waals surface area contributed by atoms with Gasteiger partial charge < -0.3 is 4.74 Å². The molecule has 1 rings (SSSR count). The molecular formula is C9H12O2. The first-order valence-electron chi connectivity index (χ1n) is 3.73. The van der Waals surface area contributed by atoms with E-state index in [1.807, 2.05) is 0 Å². The summed E-state index contributed by atoms with van der Waals surface area (Å²) in [5, 5.41) is 0. The van der Waals surface area contributed by atoms with Crippen LogP contribution in [0.15, 0.2) is 25.3 Å². The summed E-state index contributed by atoms with van der Waals surface area (Å²) in [6, 6.07) is 0. The second-order valence-corrected chi connectivity index (χ2v) is 2.63. The highest BCUT2D eigenvalue weighted by Gasteiger charge is 2.25. The van der Waals surface area contributed by atoms with Crippen molar-refractivity contribution < 1.29 is 9.53 Å². The van der Waals surface area contributed by atoms with Gasteiger partial charge in [-0.05, 0) is 12.8 Å². The topological polar surface area (TPSA) is 26.3 Å². The molecule has 11 heavy (non-hydrogen) atoms. The summed E-state index contributed by atoms with van der Waals surface area (Å²) < 4.78 is 5.01. The summed E-state index contributed by atoms with van der Waals surface area (Å²) in [6.45, 7) is 7.13. The van der Waals surface area contributed by atoms with Crippen molar-refractivity contribution in [1.29, 1.82) is 0 Å². The molecule has 0 amide bonds. The van der Waals surface area contributed by atoms with Crippen LogP contribution in [-0.4, -0.2) is 12.1 Å². The molecule has 1 saturated heterocycles. The third-order valence-corrected chi connectivity index (χ3v) is 1.88. The van der Waals surface area contributed by atoms with Crippen LogP contribution in [0.2, 0.25) is 0 Å². The Morgan fingerprint density at radius 3 is 2.55 bits per heavy atom. The summed E-state index contributed by atoms with van der Waals surface area (Å²) in [4.78, 5) is 11.1. The van der Waals surface area contributed by atoms with Crippen molar-refractivity contribution in [3.63, 3.8) is 0 Å². The molecule has 0 saturated carbocycles. The van der Waals surface area contributed by atoms with E-state index >= 15 is 0 Å². The van der Waals surface area contributed by atoms with Crippen LogP contribution in [0.25, 0.3) is 0 Å². The average Bonchev–Trinajstić information content (AvgIpc) is 2.04. The molecule has 0 aromatic carbocycles. The van der Waals surface area contributed by atoms with Crippen LogP contribution in [0, 0.1) is 5.92 Å². The van der Waals surface area contributed by atoms with Gasteiger partial charge in [-0.2, -0.15) is 0 Å². The molecule has 2 atom stereocenters.